The zero-order chi connectivity index (χ0) is 20.6. The van der Waals surface area contributed by atoms with E-state index in [2.05, 4.69) is 18.9 Å². The van der Waals surface area contributed by atoms with Gasteiger partial charge in [0.1, 0.15) is 13.2 Å². The van der Waals surface area contributed by atoms with Crippen LogP contribution in [-0.2, 0) is 18.9 Å². The van der Waals surface area contributed by atoms with Crippen molar-refractivity contribution in [2.24, 2.45) is 0 Å². The molecule has 16 heteroatoms. The van der Waals surface area contributed by atoms with Gasteiger partial charge in [0.15, 0.2) is 6.10 Å². The highest BCUT2D eigenvalue weighted by molar-refractivity contribution is 5.61. The van der Waals surface area contributed by atoms with Gasteiger partial charge in [-0.25, -0.2) is 4.79 Å². The van der Waals surface area contributed by atoms with Crippen molar-refractivity contribution in [3.05, 3.63) is 0 Å². The molecule has 1 aliphatic heterocycles. The van der Waals surface area contributed by atoms with Crippen LogP contribution >= 0.6 is 0 Å². The summed E-state index contributed by atoms with van der Waals surface area (Å²) in [7, 11) is 0. The molecule has 0 saturated carbocycles. The maximum Gasteiger partial charge on any atom is 0.508 e. The lowest BCUT2D eigenvalue weighted by Gasteiger charge is -2.34. The minimum absolute atomic E-state index is 0.576. The molecule has 0 radical (unpaired) electrons. The van der Waals surface area contributed by atoms with Crippen molar-refractivity contribution in [1.29, 1.82) is 0 Å². The number of carbonyl (C=O) groups is 1. The molecule has 2 atom stereocenters. The van der Waals surface area contributed by atoms with Crippen LogP contribution in [0, 0.1) is 0 Å². The molecule has 0 aromatic rings. The van der Waals surface area contributed by atoms with E-state index in [0.29, 0.717) is 0 Å². The third-order valence-corrected chi connectivity index (χ3v) is 2.68. The first kappa shape index (κ1) is 22.5. The average Bonchev–Trinajstić information content (AvgIpc) is 2.81. The van der Waals surface area contributed by atoms with Gasteiger partial charge in [-0.3, -0.25) is 4.74 Å². The first-order chi connectivity index (χ1) is 11.4. The summed E-state index contributed by atoms with van der Waals surface area (Å²) in [5.41, 5.74) is 0. The van der Waals surface area contributed by atoms with Gasteiger partial charge in [0.2, 0.25) is 0 Å². The Morgan fingerprint density at radius 1 is 0.923 bits per heavy atom. The minimum Gasteiger partial charge on any atom is -0.430 e. The molecule has 1 heterocycles. The topological polar surface area (TPSA) is 54.0 Å². The minimum atomic E-state index is -7.14. The summed E-state index contributed by atoms with van der Waals surface area (Å²) in [6, 6.07) is 0. The summed E-state index contributed by atoms with van der Waals surface area (Å²) >= 11 is 0. The first-order valence-electron chi connectivity index (χ1n) is 6.12. The van der Waals surface area contributed by atoms with E-state index in [4.69, 9.17) is 0 Å². The molecule has 26 heavy (non-hydrogen) atoms. The molecule has 2 unspecified atom stereocenters. The fraction of sp³-hybridized carbons (Fsp3) is 0.900. The number of cyclic esters (lactones) is 2. The Bertz CT molecular complexity index is 516. The predicted molar refractivity (Wildman–Crippen MR) is 54.0 cm³/mol. The van der Waals surface area contributed by atoms with Gasteiger partial charge < -0.3 is 14.2 Å². The summed E-state index contributed by atoms with van der Waals surface area (Å²) in [5, 5.41) is 0. The molecular formula is C10H7F11O5. The summed E-state index contributed by atoms with van der Waals surface area (Å²) in [4.78, 5) is 10.5. The number of hydrogen-bond acceptors (Lipinski definition) is 5. The highest BCUT2D eigenvalue weighted by Gasteiger charge is 2.78. The van der Waals surface area contributed by atoms with Crippen LogP contribution in [0.1, 0.15) is 0 Å². The van der Waals surface area contributed by atoms with Crippen molar-refractivity contribution in [1.82, 2.24) is 0 Å². The molecule has 154 valence electrons. The Kier molecular flexibility index (Phi) is 5.93. The van der Waals surface area contributed by atoms with E-state index in [1.54, 1.807) is 0 Å². The fourth-order valence-corrected chi connectivity index (χ4v) is 1.37. The number of carbonyl (C=O) groups excluding carboxylic acids is 1. The largest absolute Gasteiger partial charge is 0.508 e. The summed E-state index contributed by atoms with van der Waals surface area (Å²) < 4.78 is 152. The maximum absolute atomic E-state index is 13.7. The molecule has 0 aromatic heterocycles. The predicted octanol–water partition coefficient (Wildman–Crippen LogP) is 3.57. The van der Waals surface area contributed by atoms with Crippen molar-refractivity contribution in [3.8, 4) is 0 Å². The Morgan fingerprint density at radius 2 is 1.46 bits per heavy atom. The lowest BCUT2D eigenvalue weighted by atomic mass is 10.2. The SMILES string of the molecule is O=C1OCC(COCC(F)(OC(F)(F)C(F)(F)C(F)(F)F)C(F)(F)F)O1. The smallest absolute Gasteiger partial charge is 0.430 e. The Hall–Kier alpha value is -1.58. The molecule has 0 aromatic carbocycles. The monoisotopic (exact) mass is 416 g/mol. The Balaban J connectivity index is 2.89. The quantitative estimate of drug-likeness (QED) is 0.469. The number of alkyl halides is 11. The van der Waals surface area contributed by atoms with Gasteiger partial charge in [0, 0.05) is 0 Å². The van der Waals surface area contributed by atoms with Crippen molar-refractivity contribution in [2.45, 2.75) is 36.3 Å². The van der Waals surface area contributed by atoms with E-state index in [9.17, 15) is 53.1 Å². The number of rotatable bonds is 7. The Morgan fingerprint density at radius 3 is 1.85 bits per heavy atom. The van der Waals surface area contributed by atoms with E-state index in [1.165, 1.54) is 0 Å². The van der Waals surface area contributed by atoms with E-state index in [0.717, 1.165) is 0 Å². The molecule has 1 aliphatic rings. The van der Waals surface area contributed by atoms with Crippen LogP contribution in [-0.4, -0.2) is 62.3 Å². The van der Waals surface area contributed by atoms with Crippen molar-refractivity contribution >= 4 is 6.16 Å². The molecule has 1 rings (SSSR count). The lowest BCUT2D eigenvalue weighted by Crippen LogP contribution is -2.60. The number of ether oxygens (including phenoxy) is 4. The van der Waals surface area contributed by atoms with Crippen LogP contribution in [0.2, 0.25) is 0 Å². The van der Waals surface area contributed by atoms with Gasteiger partial charge in [-0.05, 0) is 0 Å². The van der Waals surface area contributed by atoms with E-state index >= 15 is 0 Å². The molecular weight excluding hydrogens is 409 g/mol. The van der Waals surface area contributed by atoms with Crippen LogP contribution in [0.15, 0.2) is 0 Å². The molecule has 1 fully saturated rings. The molecule has 0 bridgehead atoms. The van der Waals surface area contributed by atoms with Gasteiger partial charge in [0.25, 0.3) is 0 Å². The third kappa shape index (κ3) is 4.57. The summed E-state index contributed by atoms with van der Waals surface area (Å²) in [6.07, 6.45) is -23.1. The highest BCUT2D eigenvalue weighted by Crippen LogP contribution is 2.50. The molecule has 5 nitrogen and oxygen atoms in total. The van der Waals surface area contributed by atoms with Crippen LogP contribution < -0.4 is 0 Å². The first-order valence-corrected chi connectivity index (χ1v) is 6.12. The Labute approximate surface area is 135 Å². The fourth-order valence-electron chi connectivity index (χ4n) is 1.37. The second-order valence-corrected chi connectivity index (χ2v) is 4.73. The zero-order valence-electron chi connectivity index (χ0n) is 11.9. The normalized spacial score (nSPS) is 22.0. The van der Waals surface area contributed by atoms with Gasteiger partial charge in [-0.2, -0.15) is 48.3 Å². The van der Waals surface area contributed by atoms with Gasteiger partial charge in [-0.1, -0.05) is 0 Å². The van der Waals surface area contributed by atoms with Crippen LogP contribution in [0.3, 0.4) is 0 Å². The number of hydrogen-bond donors (Lipinski definition) is 0. The van der Waals surface area contributed by atoms with E-state index < -0.39 is 62.3 Å². The molecule has 0 amide bonds. The van der Waals surface area contributed by atoms with Crippen LogP contribution in [0.4, 0.5) is 53.1 Å². The maximum atomic E-state index is 13.7. The third-order valence-electron chi connectivity index (χ3n) is 2.68. The molecule has 0 spiro atoms. The second-order valence-electron chi connectivity index (χ2n) is 4.73. The molecule has 0 aliphatic carbocycles. The summed E-state index contributed by atoms with van der Waals surface area (Å²) in [5.74, 6) is -12.9. The second kappa shape index (κ2) is 6.86. The molecule has 0 N–H and O–H groups in total. The van der Waals surface area contributed by atoms with Gasteiger partial charge in [0.05, 0.1) is 6.61 Å². The molecule has 1 saturated heterocycles. The van der Waals surface area contributed by atoms with Crippen molar-refractivity contribution < 1.29 is 72.0 Å². The standard InChI is InChI=1S/C10H7F11O5/c11-6(8(14,15)16,3-23-1-4-2-24-5(22)25-4)26-10(20,21)7(12,13)9(17,18)19/h4H,1-3H2. The lowest BCUT2D eigenvalue weighted by molar-refractivity contribution is -0.486. The van der Waals surface area contributed by atoms with E-state index in [-0.39, 0.29) is 0 Å². The van der Waals surface area contributed by atoms with Crippen molar-refractivity contribution in [2.75, 3.05) is 19.8 Å². The summed E-state index contributed by atoms with van der Waals surface area (Å²) in [6.45, 7) is -4.22. The van der Waals surface area contributed by atoms with Gasteiger partial charge in [-0.15, -0.1) is 0 Å². The number of halogens is 11. The average molecular weight is 416 g/mol. The van der Waals surface area contributed by atoms with Crippen LogP contribution in [0.5, 0.6) is 0 Å². The van der Waals surface area contributed by atoms with Crippen molar-refractivity contribution in [3.63, 3.8) is 0 Å². The van der Waals surface area contributed by atoms with Crippen LogP contribution in [0.25, 0.3) is 0 Å². The van der Waals surface area contributed by atoms with E-state index in [1.807, 2.05) is 0 Å². The highest BCUT2D eigenvalue weighted by atomic mass is 19.4. The zero-order valence-corrected chi connectivity index (χ0v) is 11.9. The van der Waals surface area contributed by atoms with Gasteiger partial charge >= 0.3 is 36.4 Å².